The fourth-order valence-electron chi connectivity index (χ4n) is 8.34. The van der Waals surface area contributed by atoms with E-state index in [2.05, 4.69) is 33.8 Å². The van der Waals surface area contributed by atoms with Crippen LogP contribution in [0.4, 0.5) is 0 Å². The first kappa shape index (κ1) is 22.1. The molecular weight excluding hydrogens is 392 g/mol. The topological polar surface area (TPSA) is 34.1 Å². The Morgan fingerprint density at radius 1 is 0.938 bits per heavy atom. The van der Waals surface area contributed by atoms with E-state index < -0.39 is 0 Å². The van der Waals surface area contributed by atoms with Gasteiger partial charge in [-0.25, -0.2) is 0 Å². The number of carbonyl (C=O) groups is 2. The molecule has 7 atom stereocenters. The summed E-state index contributed by atoms with van der Waals surface area (Å²) in [5, 5.41) is 0. The van der Waals surface area contributed by atoms with Gasteiger partial charge in [0.2, 0.25) is 0 Å². The van der Waals surface area contributed by atoms with Gasteiger partial charge in [0.15, 0.2) is 11.6 Å². The lowest BCUT2D eigenvalue weighted by molar-refractivity contribution is 0.0423. The maximum Gasteiger partial charge on any atom is 0.168 e. The van der Waals surface area contributed by atoms with Gasteiger partial charge in [-0.2, -0.15) is 0 Å². The second-order valence-corrected chi connectivity index (χ2v) is 12.0. The number of fused-ring (bicyclic) bond motifs is 6. The van der Waals surface area contributed by atoms with Crippen LogP contribution in [0.15, 0.2) is 35.9 Å². The third-order valence-electron chi connectivity index (χ3n) is 9.93. The van der Waals surface area contributed by atoms with E-state index in [9.17, 15) is 9.59 Å². The molecule has 0 aromatic heterocycles. The molecule has 0 spiro atoms. The second-order valence-electron chi connectivity index (χ2n) is 12.0. The molecule has 4 aliphatic rings. The van der Waals surface area contributed by atoms with Gasteiger partial charge in [-0.1, -0.05) is 82.9 Å². The number of ketones is 2. The van der Waals surface area contributed by atoms with Crippen molar-refractivity contribution in [3.05, 3.63) is 47.0 Å². The van der Waals surface area contributed by atoms with Crippen molar-refractivity contribution in [2.24, 2.45) is 46.8 Å². The minimum absolute atomic E-state index is 0.121. The van der Waals surface area contributed by atoms with Gasteiger partial charge < -0.3 is 0 Å². The molecule has 0 N–H and O–H groups in total. The molecular formula is C30H40O2. The molecule has 4 aliphatic carbocycles. The number of Topliss-reactive ketones (excluding diaryl/α,β-unsaturated/α-hetero) is 2. The van der Waals surface area contributed by atoms with Crippen LogP contribution >= 0.6 is 0 Å². The molecule has 2 fully saturated rings. The highest BCUT2D eigenvalue weighted by atomic mass is 16.1. The van der Waals surface area contributed by atoms with E-state index in [1.807, 2.05) is 24.3 Å². The highest BCUT2D eigenvalue weighted by Crippen LogP contribution is 2.64. The van der Waals surface area contributed by atoms with E-state index in [0.29, 0.717) is 22.5 Å². The highest BCUT2D eigenvalue weighted by Gasteiger charge is 2.57. The molecule has 32 heavy (non-hydrogen) atoms. The summed E-state index contributed by atoms with van der Waals surface area (Å²) in [6.07, 6.45) is 12.1. The molecule has 0 aliphatic heterocycles. The molecule has 2 nitrogen and oxygen atoms in total. The lowest BCUT2D eigenvalue weighted by Crippen LogP contribution is -2.48. The van der Waals surface area contributed by atoms with Gasteiger partial charge in [0.1, 0.15) is 0 Å². The summed E-state index contributed by atoms with van der Waals surface area (Å²) in [7, 11) is 0. The summed E-state index contributed by atoms with van der Waals surface area (Å²) < 4.78 is 0. The van der Waals surface area contributed by atoms with Crippen molar-refractivity contribution in [3.63, 3.8) is 0 Å². The van der Waals surface area contributed by atoms with E-state index in [-0.39, 0.29) is 29.3 Å². The SMILES string of the molecule is CC(C)CCC[C@@H](C)[C@H]1CC[C@H]2C3=CC[C@@H]4C(=O)c5ccccc5C(=O)[C@@H]4[C@@H]3CC[C@]12C. The molecule has 1 aromatic carbocycles. The van der Waals surface area contributed by atoms with E-state index in [1.165, 1.54) is 38.5 Å². The predicted octanol–water partition coefficient (Wildman–Crippen LogP) is 7.53. The van der Waals surface area contributed by atoms with E-state index in [4.69, 9.17) is 0 Å². The maximum atomic E-state index is 13.6. The molecule has 0 heterocycles. The summed E-state index contributed by atoms with van der Waals surface area (Å²) in [4.78, 5) is 26.9. The molecule has 0 radical (unpaired) electrons. The predicted molar refractivity (Wildman–Crippen MR) is 130 cm³/mol. The average molecular weight is 433 g/mol. The number of carbonyl (C=O) groups excluding carboxylic acids is 2. The van der Waals surface area contributed by atoms with Crippen LogP contribution in [-0.4, -0.2) is 11.6 Å². The number of allylic oxidation sites excluding steroid dienone is 2. The Bertz CT molecular complexity index is 940. The third kappa shape index (κ3) is 3.35. The molecule has 172 valence electrons. The quantitative estimate of drug-likeness (QED) is 0.451. The molecule has 5 rings (SSSR count). The zero-order chi connectivity index (χ0) is 22.6. The standard InChI is InChI=1S/C30H40O2/c1-18(2)8-7-9-19(3)25-14-15-26-20-12-13-24-27(21(20)16-17-30(25,26)4)29(32)23-11-6-5-10-22(23)28(24)31/h5-6,10-12,18-19,21,24-27H,7-9,13-17H2,1-4H3/t19-,21-,24+,25-,26+,27-,30-/m1/s1. The molecule has 0 saturated heterocycles. The van der Waals surface area contributed by atoms with Gasteiger partial charge in [0.25, 0.3) is 0 Å². The Morgan fingerprint density at radius 3 is 2.38 bits per heavy atom. The van der Waals surface area contributed by atoms with Gasteiger partial charge >= 0.3 is 0 Å². The van der Waals surface area contributed by atoms with Crippen LogP contribution in [0.25, 0.3) is 0 Å². The van der Waals surface area contributed by atoms with Gasteiger partial charge in [0.05, 0.1) is 0 Å². The summed E-state index contributed by atoms with van der Waals surface area (Å²) in [5.74, 6) is 3.45. The monoisotopic (exact) mass is 432 g/mol. The first-order chi connectivity index (χ1) is 15.3. The van der Waals surface area contributed by atoms with Crippen molar-refractivity contribution in [1.82, 2.24) is 0 Å². The van der Waals surface area contributed by atoms with Gasteiger partial charge in [-0.05, 0) is 67.1 Å². The fourth-order valence-corrected chi connectivity index (χ4v) is 8.34. The molecule has 0 unspecified atom stereocenters. The lowest BCUT2D eigenvalue weighted by atomic mass is 9.52. The zero-order valence-corrected chi connectivity index (χ0v) is 20.4. The normalized spacial score (nSPS) is 36.8. The largest absolute Gasteiger partial charge is 0.294 e. The number of hydrogen-bond donors (Lipinski definition) is 0. The second kappa shape index (κ2) is 8.26. The Hall–Kier alpha value is -1.70. The van der Waals surface area contributed by atoms with E-state index in [1.54, 1.807) is 5.57 Å². The minimum atomic E-state index is -0.136. The van der Waals surface area contributed by atoms with Gasteiger partial charge in [0, 0.05) is 23.0 Å². The molecule has 1 aromatic rings. The summed E-state index contributed by atoms with van der Waals surface area (Å²) >= 11 is 0. The van der Waals surface area contributed by atoms with Crippen LogP contribution in [0.2, 0.25) is 0 Å². The Balaban J connectivity index is 1.39. The van der Waals surface area contributed by atoms with E-state index >= 15 is 0 Å². The van der Waals surface area contributed by atoms with E-state index in [0.717, 1.165) is 30.6 Å². The first-order valence-corrected chi connectivity index (χ1v) is 13.2. The Labute approximate surface area is 194 Å². The molecule has 2 saturated carbocycles. The van der Waals surface area contributed by atoms with Crippen molar-refractivity contribution >= 4 is 11.6 Å². The summed E-state index contributed by atoms with van der Waals surface area (Å²) in [5.41, 5.74) is 3.26. The van der Waals surface area contributed by atoms with Crippen LogP contribution < -0.4 is 0 Å². The molecule has 0 bridgehead atoms. The van der Waals surface area contributed by atoms with Gasteiger partial charge in [-0.15, -0.1) is 0 Å². The Kier molecular flexibility index (Phi) is 5.71. The lowest BCUT2D eigenvalue weighted by Gasteiger charge is -2.51. The van der Waals surface area contributed by atoms with Crippen molar-refractivity contribution < 1.29 is 9.59 Å². The zero-order valence-electron chi connectivity index (χ0n) is 20.4. The number of benzene rings is 1. The fraction of sp³-hybridized carbons (Fsp3) is 0.667. The van der Waals surface area contributed by atoms with Crippen molar-refractivity contribution in [2.45, 2.75) is 79.1 Å². The summed E-state index contributed by atoms with van der Waals surface area (Å²) in [6.45, 7) is 9.71. The third-order valence-corrected chi connectivity index (χ3v) is 9.93. The minimum Gasteiger partial charge on any atom is -0.294 e. The number of hydrogen-bond acceptors (Lipinski definition) is 2. The molecule has 0 amide bonds. The van der Waals surface area contributed by atoms with Crippen molar-refractivity contribution in [3.8, 4) is 0 Å². The van der Waals surface area contributed by atoms with Crippen LogP contribution in [-0.2, 0) is 0 Å². The smallest absolute Gasteiger partial charge is 0.168 e. The van der Waals surface area contributed by atoms with Crippen LogP contribution in [0.1, 0.15) is 99.8 Å². The van der Waals surface area contributed by atoms with Crippen molar-refractivity contribution in [2.75, 3.05) is 0 Å². The first-order valence-electron chi connectivity index (χ1n) is 13.2. The van der Waals surface area contributed by atoms with Crippen LogP contribution in [0.3, 0.4) is 0 Å². The average Bonchev–Trinajstić information content (AvgIpc) is 3.14. The Morgan fingerprint density at radius 2 is 1.66 bits per heavy atom. The van der Waals surface area contributed by atoms with Gasteiger partial charge in [-0.3, -0.25) is 9.59 Å². The van der Waals surface area contributed by atoms with Crippen LogP contribution in [0.5, 0.6) is 0 Å². The molecule has 2 heteroatoms. The number of rotatable bonds is 5. The summed E-state index contributed by atoms with van der Waals surface area (Å²) in [6, 6.07) is 7.53. The highest BCUT2D eigenvalue weighted by molar-refractivity contribution is 6.16. The maximum absolute atomic E-state index is 13.6. The van der Waals surface area contributed by atoms with Crippen LogP contribution in [0, 0.1) is 46.8 Å². The van der Waals surface area contributed by atoms with Crippen molar-refractivity contribution in [1.29, 1.82) is 0 Å².